The first-order valence-electron chi connectivity index (χ1n) is 4.78. The monoisotopic (exact) mass is 220 g/mol. The van der Waals surface area contributed by atoms with Crippen LogP contribution in [0.5, 0.6) is 0 Å². The molecule has 4 nitrogen and oxygen atoms in total. The number of nitrogens with zero attached hydrogens (tertiary/aromatic N) is 3. The van der Waals surface area contributed by atoms with E-state index in [4.69, 9.17) is 0 Å². The van der Waals surface area contributed by atoms with Gasteiger partial charge in [0.2, 0.25) is 0 Å². The molecule has 0 aromatic carbocycles. The van der Waals surface area contributed by atoms with Crippen LogP contribution in [0.3, 0.4) is 0 Å². The summed E-state index contributed by atoms with van der Waals surface area (Å²) < 4.78 is 0. The van der Waals surface area contributed by atoms with Gasteiger partial charge < -0.3 is 4.98 Å². The Morgan fingerprint density at radius 3 is 2.87 bits per heavy atom. The minimum absolute atomic E-state index is 0.880. The minimum Gasteiger partial charge on any atom is -0.337 e. The molecule has 2 aromatic rings. The zero-order chi connectivity index (χ0) is 10.7. The van der Waals surface area contributed by atoms with Crippen LogP contribution in [0.15, 0.2) is 28.8 Å². The molecule has 0 bridgehead atoms. The maximum Gasteiger partial charge on any atom is 0.171 e. The molecule has 15 heavy (non-hydrogen) atoms. The Kier molecular flexibility index (Phi) is 3.01. The van der Waals surface area contributed by atoms with Crippen molar-refractivity contribution in [3.63, 3.8) is 0 Å². The molecule has 0 saturated carbocycles. The second kappa shape index (κ2) is 4.44. The van der Waals surface area contributed by atoms with Crippen LogP contribution < -0.4 is 0 Å². The van der Waals surface area contributed by atoms with Crippen LogP contribution in [-0.2, 0) is 6.42 Å². The van der Waals surface area contributed by atoms with Crippen molar-refractivity contribution in [1.82, 2.24) is 19.9 Å². The van der Waals surface area contributed by atoms with Crippen LogP contribution in [0, 0.1) is 6.92 Å². The molecule has 2 aromatic heterocycles. The van der Waals surface area contributed by atoms with Gasteiger partial charge >= 0.3 is 0 Å². The highest BCUT2D eigenvalue weighted by atomic mass is 32.2. The second-order valence-electron chi connectivity index (χ2n) is 3.17. The molecule has 78 valence electrons. The quantitative estimate of drug-likeness (QED) is 0.806. The van der Waals surface area contributed by atoms with E-state index >= 15 is 0 Å². The largest absolute Gasteiger partial charge is 0.337 e. The average Bonchev–Trinajstić information content (AvgIpc) is 2.65. The van der Waals surface area contributed by atoms with E-state index in [0.717, 1.165) is 28.0 Å². The summed E-state index contributed by atoms with van der Waals surface area (Å²) in [6.07, 6.45) is 4.40. The number of hydrogen-bond donors (Lipinski definition) is 1. The van der Waals surface area contributed by atoms with Gasteiger partial charge in [0.05, 0.1) is 0 Å². The zero-order valence-electron chi connectivity index (χ0n) is 8.69. The molecule has 0 amide bonds. The van der Waals surface area contributed by atoms with Gasteiger partial charge in [0.15, 0.2) is 5.16 Å². The van der Waals surface area contributed by atoms with Crippen molar-refractivity contribution < 1.29 is 0 Å². The predicted octanol–water partition coefficient (Wildman–Crippen LogP) is 2.22. The fourth-order valence-corrected chi connectivity index (χ4v) is 1.97. The third kappa shape index (κ3) is 2.56. The van der Waals surface area contributed by atoms with Crippen LogP contribution >= 0.6 is 11.8 Å². The second-order valence-corrected chi connectivity index (χ2v) is 4.18. The maximum absolute atomic E-state index is 4.26. The van der Waals surface area contributed by atoms with E-state index in [1.807, 2.05) is 19.2 Å². The fourth-order valence-electron chi connectivity index (χ4n) is 1.15. The molecule has 0 saturated heterocycles. The topological polar surface area (TPSA) is 54.5 Å². The number of aromatic amines is 1. The van der Waals surface area contributed by atoms with Crippen molar-refractivity contribution in [3.05, 3.63) is 30.0 Å². The molecule has 0 aliphatic carbocycles. The van der Waals surface area contributed by atoms with E-state index < -0.39 is 0 Å². The van der Waals surface area contributed by atoms with Crippen molar-refractivity contribution in [2.75, 3.05) is 0 Å². The Morgan fingerprint density at radius 1 is 1.33 bits per heavy atom. The molecule has 0 spiro atoms. The fraction of sp³-hybridized carbons (Fsp3) is 0.300. The Labute approximate surface area is 92.6 Å². The molecule has 2 heterocycles. The van der Waals surface area contributed by atoms with Gasteiger partial charge in [-0.3, -0.25) is 0 Å². The van der Waals surface area contributed by atoms with Gasteiger partial charge in [0.25, 0.3) is 0 Å². The highest BCUT2D eigenvalue weighted by Gasteiger charge is 2.03. The van der Waals surface area contributed by atoms with E-state index in [1.54, 1.807) is 6.33 Å². The van der Waals surface area contributed by atoms with Crippen molar-refractivity contribution >= 4 is 11.8 Å². The molecule has 0 radical (unpaired) electrons. The van der Waals surface area contributed by atoms with Crippen molar-refractivity contribution in [2.24, 2.45) is 0 Å². The standard InChI is InChI=1S/C10H12N4S/c1-3-8-5-11-10(14-8)15-9-4-7(2)12-6-13-9/h4-6H,3H2,1-2H3,(H,11,14). The molecule has 0 atom stereocenters. The molecule has 1 N–H and O–H groups in total. The van der Waals surface area contributed by atoms with Gasteiger partial charge in [-0.15, -0.1) is 0 Å². The summed E-state index contributed by atoms with van der Waals surface area (Å²) in [4.78, 5) is 15.7. The Morgan fingerprint density at radius 2 is 2.20 bits per heavy atom. The van der Waals surface area contributed by atoms with E-state index in [-0.39, 0.29) is 0 Å². The number of imidazole rings is 1. The molecule has 0 fully saturated rings. The number of hydrogen-bond acceptors (Lipinski definition) is 4. The third-order valence-corrected chi connectivity index (χ3v) is 2.80. The molecule has 2 rings (SSSR count). The maximum atomic E-state index is 4.26. The normalized spacial score (nSPS) is 10.5. The minimum atomic E-state index is 0.880. The van der Waals surface area contributed by atoms with Gasteiger partial charge in [-0.05, 0) is 31.2 Å². The first-order chi connectivity index (χ1) is 7.28. The van der Waals surface area contributed by atoms with Gasteiger partial charge in [-0.1, -0.05) is 6.92 Å². The third-order valence-electron chi connectivity index (χ3n) is 1.97. The average molecular weight is 220 g/mol. The van der Waals surface area contributed by atoms with Gasteiger partial charge in [-0.2, -0.15) is 0 Å². The lowest BCUT2D eigenvalue weighted by Gasteiger charge is -1.97. The van der Waals surface area contributed by atoms with Gasteiger partial charge in [-0.25, -0.2) is 15.0 Å². The summed E-state index contributed by atoms with van der Waals surface area (Å²) in [5, 5.41) is 1.80. The first-order valence-corrected chi connectivity index (χ1v) is 5.60. The number of aryl methyl sites for hydroxylation is 2. The summed E-state index contributed by atoms with van der Waals surface area (Å²) >= 11 is 1.52. The smallest absolute Gasteiger partial charge is 0.171 e. The molecule has 0 aliphatic rings. The van der Waals surface area contributed by atoms with Crippen LogP contribution in [0.1, 0.15) is 18.3 Å². The molecule has 0 aliphatic heterocycles. The highest BCUT2D eigenvalue weighted by Crippen LogP contribution is 2.22. The molecular formula is C10H12N4S. The van der Waals surface area contributed by atoms with Crippen LogP contribution in [0.2, 0.25) is 0 Å². The van der Waals surface area contributed by atoms with Crippen molar-refractivity contribution in [1.29, 1.82) is 0 Å². The number of H-pyrrole nitrogens is 1. The van der Waals surface area contributed by atoms with Crippen molar-refractivity contribution in [2.45, 2.75) is 30.5 Å². The number of nitrogens with one attached hydrogen (secondary N) is 1. The highest BCUT2D eigenvalue weighted by molar-refractivity contribution is 7.99. The van der Waals surface area contributed by atoms with E-state index in [1.165, 1.54) is 11.8 Å². The summed E-state index contributed by atoms with van der Waals surface area (Å²) in [5.41, 5.74) is 2.11. The summed E-state index contributed by atoms with van der Waals surface area (Å²) in [6, 6.07) is 1.94. The lowest BCUT2D eigenvalue weighted by atomic mass is 10.4. The van der Waals surface area contributed by atoms with Crippen LogP contribution in [0.4, 0.5) is 0 Å². The zero-order valence-corrected chi connectivity index (χ0v) is 9.51. The lowest BCUT2D eigenvalue weighted by Crippen LogP contribution is -1.86. The molecular weight excluding hydrogens is 208 g/mol. The SMILES string of the molecule is CCc1cnc(Sc2cc(C)ncn2)[nH]1. The van der Waals surface area contributed by atoms with Crippen molar-refractivity contribution in [3.8, 4) is 0 Å². The first kappa shape index (κ1) is 10.2. The number of rotatable bonds is 3. The summed E-state index contributed by atoms with van der Waals surface area (Å²) in [6.45, 7) is 4.04. The Hall–Kier alpha value is -1.36. The summed E-state index contributed by atoms with van der Waals surface area (Å²) in [5.74, 6) is 0. The van der Waals surface area contributed by atoms with Crippen LogP contribution in [0.25, 0.3) is 0 Å². The van der Waals surface area contributed by atoms with E-state index in [2.05, 4.69) is 26.9 Å². The molecule has 5 heteroatoms. The van der Waals surface area contributed by atoms with E-state index in [0.29, 0.717) is 0 Å². The number of aromatic nitrogens is 4. The Bertz CT molecular complexity index is 452. The molecule has 0 unspecified atom stereocenters. The lowest BCUT2D eigenvalue weighted by molar-refractivity contribution is 0.972. The van der Waals surface area contributed by atoms with Gasteiger partial charge in [0.1, 0.15) is 11.4 Å². The van der Waals surface area contributed by atoms with Crippen LogP contribution in [-0.4, -0.2) is 19.9 Å². The van der Waals surface area contributed by atoms with E-state index in [9.17, 15) is 0 Å². The van der Waals surface area contributed by atoms with Gasteiger partial charge in [0, 0.05) is 17.6 Å². The Balaban J connectivity index is 2.14. The predicted molar refractivity (Wildman–Crippen MR) is 58.9 cm³/mol. The summed E-state index contributed by atoms with van der Waals surface area (Å²) in [7, 11) is 0.